The van der Waals surface area contributed by atoms with Crippen molar-refractivity contribution in [3.05, 3.63) is 59.1 Å². The number of hydrogen-bond acceptors (Lipinski definition) is 3. The SMILES string of the molecule is CSc1ccccc1C(=O)N1CC[C@@H](Nc2cc3ccc(Cl)cc3[nH]2)C1. The maximum atomic E-state index is 12.9. The maximum absolute atomic E-state index is 12.9. The number of amides is 1. The molecule has 26 heavy (non-hydrogen) atoms. The fourth-order valence-corrected chi connectivity index (χ4v) is 4.21. The van der Waals surface area contributed by atoms with Crippen LogP contribution in [0.15, 0.2) is 53.4 Å². The number of likely N-dealkylation sites (tertiary alicyclic amines) is 1. The van der Waals surface area contributed by atoms with Crippen LogP contribution in [-0.4, -0.2) is 41.2 Å². The van der Waals surface area contributed by atoms with E-state index in [0.29, 0.717) is 6.54 Å². The highest BCUT2D eigenvalue weighted by Crippen LogP contribution is 2.26. The Labute approximate surface area is 161 Å². The number of nitrogens with zero attached hydrogens (tertiary/aromatic N) is 1. The molecule has 134 valence electrons. The molecule has 1 aromatic heterocycles. The highest BCUT2D eigenvalue weighted by Gasteiger charge is 2.28. The zero-order chi connectivity index (χ0) is 18.1. The predicted octanol–water partition coefficient (Wildman–Crippen LogP) is 4.87. The molecule has 2 aromatic carbocycles. The van der Waals surface area contributed by atoms with Crippen LogP contribution in [0.2, 0.25) is 5.02 Å². The van der Waals surface area contributed by atoms with Gasteiger partial charge in [-0.1, -0.05) is 29.8 Å². The lowest BCUT2D eigenvalue weighted by atomic mass is 10.2. The summed E-state index contributed by atoms with van der Waals surface area (Å²) in [5.74, 6) is 1.08. The van der Waals surface area contributed by atoms with E-state index in [-0.39, 0.29) is 11.9 Å². The second kappa shape index (κ2) is 7.25. The average molecular weight is 386 g/mol. The van der Waals surface area contributed by atoms with Gasteiger partial charge in [0.1, 0.15) is 5.82 Å². The number of benzene rings is 2. The first-order valence-electron chi connectivity index (χ1n) is 8.61. The van der Waals surface area contributed by atoms with Gasteiger partial charge in [-0.3, -0.25) is 4.79 Å². The molecule has 0 aliphatic carbocycles. The molecule has 0 bridgehead atoms. The van der Waals surface area contributed by atoms with E-state index in [2.05, 4.69) is 16.4 Å². The number of hydrogen-bond donors (Lipinski definition) is 2. The van der Waals surface area contributed by atoms with Gasteiger partial charge in [0.2, 0.25) is 0 Å². The van der Waals surface area contributed by atoms with Crippen molar-refractivity contribution in [3.63, 3.8) is 0 Å². The van der Waals surface area contributed by atoms with Gasteiger partial charge in [-0.15, -0.1) is 11.8 Å². The van der Waals surface area contributed by atoms with E-state index in [9.17, 15) is 4.79 Å². The Balaban J connectivity index is 1.45. The van der Waals surface area contributed by atoms with E-state index in [1.807, 2.05) is 53.6 Å². The summed E-state index contributed by atoms with van der Waals surface area (Å²) < 4.78 is 0. The first-order chi connectivity index (χ1) is 12.6. The minimum absolute atomic E-state index is 0.114. The molecular formula is C20H20ClN3OS. The first-order valence-corrected chi connectivity index (χ1v) is 10.2. The molecule has 2 heterocycles. The molecule has 0 unspecified atom stereocenters. The minimum atomic E-state index is 0.114. The van der Waals surface area contributed by atoms with E-state index in [1.54, 1.807) is 11.8 Å². The molecule has 3 aromatic rings. The van der Waals surface area contributed by atoms with Gasteiger partial charge in [0, 0.05) is 40.0 Å². The third-order valence-corrected chi connectivity index (χ3v) is 5.79. The van der Waals surface area contributed by atoms with Crippen molar-refractivity contribution in [1.29, 1.82) is 0 Å². The van der Waals surface area contributed by atoms with Crippen molar-refractivity contribution < 1.29 is 4.79 Å². The van der Waals surface area contributed by atoms with Gasteiger partial charge in [-0.25, -0.2) is 0 Å². The van der Waals surface area contributed by atoms with Crippen LogP contribution in [0, 0.1) is 0 Å². The second-order valence-electron chi connectivity index (χ2n) is 6.50. The highest BCUT2D eigenvalue weighted by atomic mass is 35.5. The number of aromatic nitrogens is 1. The van der Waals surface area contributed by atoms with E-state index < -0.39 is 0 Å². The van der Waals surface area contributed by atoms with Crippen LogP contribution < -0.4 is 5.32 Å². The lowest BCUT2D eigenvalue weighted by molar-refractivity contribution is 0.0788. The van der Waals surface area contributed by atoms with Crippen molar-refractivity contribution in [2.75, 3.05) is 24.7 Å². The first kappa shape index (κ1) is 17.3. The molecule has 1 amide bonds. The Hall–Kier alpha value is -2.11. The molecule has 4 rings (SSSR count). The summed E-state index contributed by atoms with van der Waals surface area (Å²) in [6, 6.07) is 15.9. The zero-order valence-corrected chi connectivity index (χ0v) is 16.0. The van der Waals surface area contributed by atoms with Crippen LogP contribution in [0.5, 0.6) is 0 Å². The van der Waals surface area contributed by atoms with Crippen molar-refractivity contribution >= 4 is 46.0 Å². The molecule has 1 atom stereocenters. The maximum Gasteiger partial charge on any atom is 0.255 e. The Bertz CT molecular complexity index is 955. The predicted molar refractivity (Wildman–Crippen MR) is 109 cm³/mol. The van der Waals surface area contributed by atoms with Crippen molar-refractivity contribution in [2.45, 2.75) is 17.4 Å². The van der Waals surface area contributed by atoms with Gasteiger partial charge in [0.15, 0.2) is 0 Å². The molecule has 0 radical (unpaired) electrons. The molecule has 1 aliphatic rings. The summed E-state index contributed by atoms with van der Waals surface area (Å²) in [5.41, 5.74) is 1.81. The van der Waals surface area contributed by atoms with Crippen LogP contribution in [0.3, 0.4) is 0 Å². The number of anilines is 1. The summed E-state index contributed by atoms with van der Waals surface area (Å²) in [7, 11) is 0. The average Bonchev–Trinajstić information content (AvgIpc) is 3.27. The van der Waals surface area contributed by atoms with Gasteiger partial charge in [-0.2, -0.15) is 0 Å². The van der Waals surface area contributed by atoms with Crippen molar-refractivity contribution in [3.8, 4) is 0 Å². The fraction of sp³-hybridized carbons (Fsp3) is 0.250. The van der Waals surface area contributed by atoms with Crippen LogP contribution in [-0.2, 0) is 0 Å². The number of nitrogens with one attached hydrogen (secondary N) is 2. The summed E-state index contributed by atoms with van der Waals surface area (Å²) >= 11 is 7.66. The van der Waals surface area contributed by atoms with E-state index in [0.717, 1.165) is 45.2 Å². The summed E-state index contributed by atoms with van der Waals surface area (Å²) in [4.78, 5) is 19.2. The standard InChI is InChI=1S/C20H20ClN3OS/c1-26-18-5-3-2-4-16(18)20(25)24-9-8-15(12-24)22-19-10-13-6-7-14(21)11-17(13)23-19/h2-7,10-11,15,22-23H,8-9,12H2,1H3/t15-/m1/s1. The Morgan fingerprint density at radius 2 is 2.12 bits per heavy atom. The third kappa shape index (κ3) is 3.41. The zero-order valence-electron chi connectivity index (χ0n) is 14.5. The van der Waals surface area contributed by atoms with Gasteiger partial charge in [0.25, 0.3) is 5.91 Å². The van der Waals surface area contributed by atoms with E-state index >= 15 is 0 Å². The summed E-state index contributed by atoms with van der Waals surface area (Å²) in [6.45, 7) is 1.48. The number of rotatable bonds is 4. The lowest BCUT2D eigenvalue weighted by Gasteiger charge is -2.18. The Kier molecular flexibility index (Phi) is 4.83. The van der Waals surface area contributed by atoms with Crippen LogP contribution in [0.4, 0.5) is 5.82 Å². The van der Waals surface area contributed by atoms with Crippen LogP contribution in [0.25, 0.3) is 10.9 Å². The molecule has 1 saturated heterocycles. The summed E-state index contributed by atoms with van der Waals surface area (Å²) in [6.07, 6.45) is 2.94. The number of aromatic amines is 1. The normalized spacial score (nSPS) is 17.0. The summed E-state index contributed by atoms with van der Waals surface area (Å²) in [5, 5.41) is 5.36. The van der Waals surface area contributed by atoms with E-state index in [4.69, 9.17) is 11.6 Å². The number of fused-ring (bicyclic) bond motifs is 1. The number of carbonyl (C=O) groups excluding carboxylic acids is 1. The Morgan fingerprint density at radius 1 is 1.27 bits per heavy atom. The second-order valence-corrected chi connectivity index (χ2v) is 7.78. The number of carbonyl (C=O) groups is 1. The van der Waals surface area contributed by atoms with Crippen molar-refractivity contribution in [2.24, 2.45) is 0 Å². The number of thioether (sulfide) groups is 1. The Morgan fingerprint density at radius 3 is 2.96 bits per heavy atom. The number of H-pyrrole nitrogens is 1. The van der Waals surface area contributed by atoms with Crippen LogP contribution in [0.1, 0.15) is 16.8 Å². The quantitative estimate of drug-likeness (QED) is 0.630. The molecule has 6 heteroatoms. The molecule has 1 fully saturated rings. The van der Waals surface area contributed by atoms with Gasteiger partial charge in [-0.05, 0) is 43.0 Å². The van der Waals surface area contributed by atoms with Crippen LogP contribution >= 0.6 is 23.4 Å². The molecule has 4 nitrogen and oxygen atoms in total. The molecular weight excluding hydrogens is 366 g/mol. The topological polar surface area (TPSA) is 48.1 Å². The largest absolute Gasteiger partial charge is 0.367 e. The lowest BCUT2D eigenvalue weighted by Crippen LogP contribution is -2.31. The van der Waals surface area contributed by atoms with Crippen molar-refractivity contribution in [1.82, 2.24) is 9.88 Å². The molecule has 0 spiro atoms. The smallest absolute Gasteiger partial charge is 0.255 e. The van der Waals surface area contributed by atoms with Gasteiger partial charge >= 0.3 is 0 Å². The van der Waals surface area contributed by atoms with Gasteiger partial charge in [0.05, 0.1) is 5.56 Å². The number of halogens is 1. The minimum Gasteiger partial charge on any atom is -0.367 e. The third-order valence-electron chi connectivity index (χ3n) is 4.76. The highest BCUT2D eigenvalue weighted by molar-refractivity contribution is 7.98. The fourth-order valence-electron chi connectivity index (χ4n) is 3.45. The molecule has 2 N–H and O–H groups in total. The molecule has 1 aliphatic heterocycles. The van der Waals surface area contributed by atoms with E-state index in [1.165, 1.54) is 0 Å². The van der Waals surface area contributed by atoms with Gasteiger partial charge < -0.3 is 15.2 Å². The monoisotopic (exact) mass is 385 g/mol. The molecule has 0 saturated carbocycles.